The molecule has 2 aliphatic rings. The molecule has 11 nitrogen and oxygen atoms in total. The number of ether oxygens (including phenoxy) is 3. The molecule has 0 radical (unpaired) electrons. The van der Waals surface area contributed by atoms with Crippen LogP contribution < -0.4 is 15.2 Å². The summed E-state index contributed by atoms with van der Waals surface area (Å²) < 4.78 is 14.3. The van der Waals surface area contributed by atoms with Crippen molar-refractivity contribution >= 4 is 23.8 Å². The minimum absolute atomic E-state index is 0. The van der Waals surface area contributed by atoms with Gasteiger partial charge in [-0.3, -0.25) is 14.5 Å². The molecule has 0 spiro atoms. The summed E-state index contributed by atoms with van der Waals surface area (Å²) in [6.07, 6.45) is 0. The Hall–Kier alpha value is -5.68. The number of amides is 2. The molecule has 4 N–H and O–H groups in total. The highest BCUT2D eigenvalue weighted by Gasteiger charge is 2.37. The van der Waals surface area contributed by atoms with Crippen molar-refractivity contribution in [2.24, 2.45) is 5.73 Å². The number of esters is 2. The molecule has 4 aromatic carbocycles. The molecule has 6 rings (SSSR count). The Morgan fingerprint density at radius 1 is 0.659 bits per heavy atom. The van der Waals surface area contributed by atoms with Crippen molar-refractivity contribution in [2.75, 3.05) is 14.2 Å². The number of benzene rings is 4. The van der Waals surface area contributed by atoms with Gasteiger partial charge in [0, 0.05) is 6.54 Å². The summed E-state index contributed by atoms with van der Waals surface area (Å²) in [5.74, 6) is -1.15. The summed E-state index contributed by atoms with van der Waals surface area (Å²) in [4.78, 5) is 47.4. The van der Waals surface area contributed by atoms with E-state index in [1.165, 1.54) is 24.3 Å². The third-order valence-corrected chi connectivity index (χ3v) is 6.52. The number of phenolic OH excluding ortho intramolecular Hbond substituents is 2. The molecule has 228 valence electrons. The summed E-state index contributed by atoms with van der Waals surface area (Å²) in [5.41, 5.74) is 7.75. The van der Waals surface area contributed by atoms with Crippen molar-refractivity contribution in [3.05, 3.63) is 118 Å². The van der Waals surface area contributed by atoms with Crippen LogP contribution in [-0.4, -0.2) is 53.1 Å². The second-order valence-electron chi connectivity index (χ2n) is 9.17. The average Bonchev–Trinajstić information content (AvgIpc) is 3.46. The zero-order valence-corrected chi connectivity index (χ0v) is 23.3. The zero-order valence-electron chi connectivity index (χ0n) is 23.3. The number of fused-ring (bicyclic) bond motifs is 2. The van der Waals surface area contributed by atoms with Crippen LogP contribution in [-0.2, 0) is 17.8 Å². The summed E-state index contributed by atoms with van der Waals surface area (Å²) in [6.45, 7) is 0.750. The van der Waals surface area contributed by atoms with E-state index in [4.69, 9.17) is 20.3 Å². The molecule has 0 atom stereocenters. The molecule has 0 aliphatic carbocycles. The molecule has 0 saturated carbocycles. The number of methoxy groups -OCH3 is 2. The lowest BCUT2D eigenvalue weighted by atomic mass is 10.1. The fourth-order valence-electron chi connectivity index (χ4n) is 4.25. The first kappa shape index (κ1) is 32.8. The Bertz CT molecular complexity index is 1640. The van der Waals surface area contributed by atoms with Gasteiger partial charge in [-0.05, 0) is 59.7 Å². The third-order valence-electron chi connectivity index (χ3n) is 6.52. The highest BCUT2D eigenvalue weighted by Crippen LogP contribution is 2.31. The average molecular weight is 601 g/mol. The molecular formula is C33H32N2O9. The van der Waals surface area contributed by atoms with Crippen LogP contribution in [0, 0.1) is 0 Å². The minimum Gasteiger partial charge on any atom is -0.507 e. The lowest BCUT2D eigenvalue weighted by molar-refractivity contribution is 0.0441. The number of rotatable bonds is 5. The highest BCUT2D eigenvalue weighted by atomic mass is 16.6. The maximum Gasteiger partial charge on any atom is 0.350 e. The fourth-order valence-corrected chi connectivity index (χ4v) is 4.25. The number of carbonyl (C=O) groups excluding carboxylic acids is 4. The maximum atomic E-state index is 12.3. The van der Waals surface area contributed by atoms with E-state index in [0.29, 0.717) is 12.3 Å². The van der Waals surface area contributed by atoms with Gasteiger partial charge in [0.1, 0.15) is 28.6 Å². The Morgan fingerprint density at radius 3 is 1.64 bits per heavy atom. The minimum atomic E-state index is -0.784. The Balaban J connectivity index is 0.000000196. The second kappa shape index (κ2) is 14.5. The normalized spacial score (nSPS) is 12.5. The lowest BCUT2D eigenvalue weighted by Gasteiger charge is -2.14. The van der Waals surface area contributed by atoms with Crippen molar-refractivity contribution < 1.29 is 43.6 Å². The van der Waals surface area contributed by atoms with E-state index in [2.05, 4.69) is 4.74 Å². The number of nitrogens with zero attached hydrogens (tertiary/aromatic N) is 1. The standard InChI is InChI=1S/C16H13NO4.C8H11NO.C8H4O4.CH4/c1-21-11-7-5-10(6-8-11)9-17-15(19)12-3-2-4-13(18)14(12)16(17)20;1-10-8-4-2-7(6-9)3-5-8;9-5-3-1-2-4-6(5)8(11)12-7(4)10;/h2-8,18H,9H2,1H3;2-5H,6,9H2,1H3;1-3,9H;1H4. The van der Waals surface area contributed by atoms with Gasteiger partial charge in [0.25, 0.3) is 11.8 Å². The monoisotopic (exact) mass is 600 g/mol. The van der Waals surface area contributed by atoms with E-state index in [0.717, 1.165) is 21.8 Å². The molecule has 0 saturated heterocycles. The number of cyclic esters (lactones) is 2. The van der Waals surface area contributed by atoms with Crippen LogP contribution in [0.4, 0.5) is 0 Å². The Kier molecular flexibility index (Phi) is 10.8. The van der Waals surface area contributed by atoms with Crippen LogP contribution in [0.5, 0.6) is 23.0 Å². The number of aromatic hydroxyl groups is 2. The summed E-state index contributed by atoms with van der Waals surface area (Å²) in [7, 11) is 3.22. The Labute approximate surface area is 254 Å². The Morgan fingerprint density at radius 2 is 1.16 bits per heavy atom. The summed E-state index contributed by atoms with van der Waals surface area (Å²) in [5, 5.41) is 18.9. The first-order valence-corrected chi connectivity index (χ1v) is 12.9. The smallest absolute Gasteiger partial charge is 0.350 e. The van der Waals surface area contributed by atoms with Crippen LogP contribution in [0.2, 0.25) is 0 Å². The van der Waals surface area contributed by atoms with E-state index in [1.807, 2.05) is 24.3 Å². The van der Waals surface area contributed by atoms with Crippen LogP contribution in [0.25, 0.3) is 0 Å². The molecule has 4 aromatic rings. The number of hydrogen-bond acceptors (Lipinski definition) is 10. The summed E-state index contributed by atoms with van der Waals surface area (Å²) >= 11 is 0. The number of phenols is 2. The van der Waals surface area contributed by atoms with Gasteiger partial charge in [-0.25, -0.2) is 9.59 Å². The quantitative estimate of drug-likeness (QED) is 0.166. The zero-order chi connectivity index (χ0) is 31.1. The molecule has 0 bridgehead atoms. The van der Waals surface area contributed by atoms with Crippen molar-refractivity contribution in [1.29, 1.82) is 0 Å². The largest absolute Gasteiger partial charge is 0.507 e. The topological polar surface area (TPSA) is 166 Å². The van der Waals surface area contributed by atoms with Crippen LogP contribution >= 0.6 is 0 Å². The SMILES string of the molecule is C.COc1ccc(CN)cc1.COc1ccc(CN2C(=O)c3cccc(O)c3C2=O)cc1.O=C1OC(=O)c2c(O)cccc21. The molecule has 2 amide bonds. The van der Waals surface area contributed by atoms with Crippen molar-refractivity contribution in [1.82, 2.24) is 4.90 Å². The maximum absolute atomic E-state index is 12.3. The predicted molar refractivity (Wildman–Crippen MR) is 161 cm³/mol. The lowest BCUT2D eigenvalue weighted by Crippen LogP contribution is -2.29. The molecule has 0 fully saturated rings. The van der Waals surface area contributed by atoms with Gasteiger partial charge >= 0.3 is 11.9 Å². The van der Waals surface area contributed by atoms with Crippen LogP contribution in [0.15, 0.2) is 84.9 Å². The number of hydrogen-bond donors (Lipinski definition) is 3. The van der Waals surface area contributed by atoms with Crippen molar-refractivity contribution in [2.45, 2.75) is 20.5 Å². The molecule has 11 heteroatoms. The first-order chi connectivity index (χ1) is 20.7. The van der Waals surface area contributed by atoms with Crippen molar-refractivity contribution in [3.63, 3.8) is 0 Å². The predicted octanol–water partition coefficient (Wildman–Crippen LogP) is 4.69. The highest BCUT2D eigenvalue weighted by molar-refractivity contribution is 6.22. The molecule has 2 aliphatic heterocycles. The van der Waals surface area contributed by atoms with Gasteiger partial charge in [-0.1, -0.05) is 43.8 Å². The number of imide groups is 1. The van der Waals surface area contributed by atoms with E-state index in [1.54, 1.807) is 50.6 Å². The molecule has 2 heterocycles. The number of nitrogens with two attached hydrogens (primary N) is 1. The second-order valence-corrected chi connectivity index (χ2v) is 9.17. The van der Waals surface area contributed by atoms with E-state index >= 15 is 0 Å². The molecule has 44 heavy (non-hydrogen) atoms. The van der Waals surface area contributed by atoms with E-state index in [9.17, 15) is 24.3 Å². The molecular weight excluding hydrogens is 568 g/mol. The first-order valence-electron chi connectivity index (χ1n) is 12.9. The van der Waals surface area contributed by atoms with Gasteiger partial charge in [-0.2, -0.15) is 0 Å². The van der Waals surface area contributed by atoms with E-state index in [-0.39, 0.29) is 53.6 Å². The number of carbonyl (C=O) groups is 4. The van der Waals surface area contributed by atoms with Gasteiger partial charge in [-0.15, -0.1) is 0 Å². The van der Waals surface area contributed by atoms with Crippen LogP contribution in [0.3, 0.4) is 0 Å². The fraction of sp³-hybridized carbons (Fsp3) is 0.152. The molecule has 0 aromatic heterocycles. The third kappa shape index (κ3) is 7.02. The van der Waals surface area contributed by atoms with Gasteiger partial charge in [0.15, 0.2) is 0 Å². The summed E-state index contributed by atoms with van der Waals surface area (Å²) in [6, 6.07) is 23.6. The molecule has 0 unspecified atom stereocenters. The van der Waals surface area contributed by atoms with Gasteiger partial charge < -0.3 is 30.2 Å². The van der Waals surface area contributed by atoms with E-state index < -0.39 is 17.8 Å². The van der Waals surface area contributed by atoms with Gasteiger partial charge in [0.05, 0.1) is 37.5 Å². The van der Waals surface area contributed by atoms with Crippen LogP contribution in [0.1, 0.15) is 60.0 Å². The van der Waals surface area contributed by atoms with Crippen molar-refractivity contribution in [3.8, 4) is 23.0 Å². The van der Waals surface area contributed by atoms with Gasteiger partial charge in [0.2, 0.25) is 0 Å².